The topological polar surface area (TPSA) is 98.7 Å². The Bertz CT molecular complexity index is 1040. The number of methoxy groups -OCH3 is 1. The van der Waals surface area contributed by atoms with Crippen molar-refractivity contribution in [2.24, 2.45) is 5.16 Å². The van der Waals surface area contributed by atoms with Crippen LogP contribution in [0.2, 0.25) is 0 Å². The Morgan fingerprint density at radius 3 is 2.37 bits per heavy atom. The molecule has 0 radical (unpaired) electrons. The van der Waals surface area contributed by atoms with Gasteiger partial charge in [-0.1, -0.05) is 24.2 Å². The van der Waals surface area contributed by atoms with Crippen molar-refractivity contribution in [1.29, 1.82) is 0 Å². The van der Waals surface area contributed by atoms with Crippen LogP contribution in [-0.4, -0.2) is 61.6 Å². The number of nitrogens with one attached hydrogen (secondary N) is 1. The quantitative estimate of drug-likeness (QED) is 0.435. The van der Waals surface area contributed by atoms with E-state index in [0.29, 0.717) is 51.3 Å². The lowest BCUT2D eigenvalue weighted by Crippen LogP contribution is -2.49. The maximum atomic E-state index is 12.6. The Labute approximate surface area is 205 Å². The highest BCUT2D eigenvalue weighted by Gasteiger charge is 2.43. The van der Waals surface area contributed by atoms with Gasteiger partial charge in [-0.05, 0) is 53.9 Å². The lowest BCUT2D eigenvalue weighted by molar-refractivity contribution is -0.136. The molecule has 2 aromatic carbocycles. The molecule has 0 aromatic heterocycles. The zero-order chi connectivity index (χ0) is 24.7. The standard InChI is InChI=1S/C26H31N3O6/c1-3-23(28-34-16-19-4-8-21(32-2)9-5-19)20-6-10-22(11-7-20)33-17-24(30)29-14-12-26(13-15-29)18-27-25(31)35-26/h4-11H,3,12-18H2,1-2H3,(H,27,31)/b28-23-. The van der Waals surface area contributed by atoms with E-state index in [4.69, 9.17) is 19.0 Å². The van der Waals surface area contributed by atoms with Crippen LogP contribution in [0.1, 0.15) is 37.3 Å². The number of benzene rings is 2. The fraction of sp³-hybridized carbons (Fsp3) is 0.423. The highest BCUT2D eigenvalue weighted by atomic mass is 16.6. The van der Waals surface area contributed by atoms with Gasteiger partial charge in [0.15, 0.2) is 6.61 Å². The van der Waals surface area contributed by atoms with Crippen LogP contribution in [-0.2, 0) is 21.0 Å². The number of carbonyl (C=O) groups is 2. The van der Waals surface area contributed by atoms with Crippen molar-refractivity contribution >= 4 is 17.7 Å². The van der Waals surface area contributed by atoms with E-state index in [0.717, 1.165) is 22.6 Å². The molecule has 9 nitrogen and oxygen atoms in total. The smallest absolute Gasteiger partial charge is 0.407 e. The second kappa shape index (κ2) is 11.1. The summed E-state index contributed by atoms with van der Waals surface area (Å²) < 4.78 is 16.3. The maximum absolute atomic E-state index is 12.6. The molecule has 9 heteroatoms. The molecule has 0 saturated carbocycles. The third kappa shape index (κ3) is 6.23. The molecule has 35 heavy (non-hydrogen) atoms. The first kappa shape index (κ1) is 24.4. The van der Waals surface area contributed by atoms with Crippen LogP contribution in [0.15, 0.2) is 53.7 Å². The van der Waals surface area contributed by atoms with Gasteiger partial charge in [-0.25, -0.2) is 4.79 Å². The normalized spacial score (nSPS) is 17.0. The van der Waals surface area contributed by atoms with Crippen molar-refractivity contribution in [2.75, 3.05) is 33.4 Å². The SMILES string of the molecule is CC/C(=N/OCc1ccc(OC)cc1)c1ccc(OCC(=O)N2CCC3(CC2)CNC(=O)O3)cc1. The fourth-order valence-electron chi connectivity index (χ4n) is 4.15. The summed E-state index contributed by atoms with van der Waals surface area (Å²) in [5, 5.41) is 7.00. The number of nitrogens with zero attached hydrogens (tertiary/aromatic N) is 2. The Balaban J connectivity index is 1.24. The van der Waals surface area contributed by atoms with Gasteiger partial charge in [0.25, 0.3) is 5.91 Å². The van der Waals surface area contributed by atoms with Gasteiger partial charge in [-0.2, -0.15) is 0 Å². The van der Waals surface area contributed by atoms with Crippen molar-refractivity contribution in [2.45, 2.75) is 38.4 Å². The van der Waals surface area contributed by atoms with Crippen molar-refractivity contribution in [1.82, 2.24) is 10.2 Å². The molecule has 2 fully saturated rings. The van der Waals surface area contributed by atoms with Gasteiger partial charge < -0.3 is 29.3 Å². The highest BCUT2D eigenvalue weighted by Crippen LogP contribution is 2.29. The second-order valence-corrected chi connectivity index (χ2v) is 8.63. The number of alkyl carbamates (subject to hydrolysis) is 1. The summed E-state index contributed by atoms with van der Waals surface area (Å²) in [4.78, 5) is 31.2. The summed E-state index contributed by atoms with van der Waals surface area (Å²) in [6.45, 7) is 3.94. The molecule has 4 rings (SSSR count). The number of rotatable bonds is 9. The summed E-state index contributed by atoms with van der Waals surface area (Å²) in [6, 6.07) is 15.1. The second-order valence-electron chi connectivity index (χ2n) is 8.63. The first-order chi connectivity index (χ1) is 17.0. The molecule has 2 saturated heterocycles. The molecule has 2 heterocycles. The largest absolute Gasteiger partial charge is 0.497 e. The maximum Gasteiger partial charge on any atom is 0.407 e. The van der Waals surface area contributed by atoms with Crippen LogP contribution in [0.4, 0.5) is 4.79 Å². The zero-order valence-corrected chi connectivity index (χ0v) is 20.1. The van der Waals surface area contributed by atoms with Gasteiger partial charge in [0, 0.05) is 25.9 Å². The molecule has 2 amide bonds. The molecular weight excluding hydrogens is 450 g/mol. The summed E-state index contributed by atoms with van der Waals surface area (Å²) in [6.07, 6.45) is 1.59. The minimum absolute atomic E-state index is 0.0376. The predicted molar refractivity (Wildman–Crippen MR) is 130 cm³/mol. The molecular formula is C26H31N3O6. The Hall–Kier alpha value is -3.75. The summed E-state index contributed by atoms with van der Waals surface area (Å²) in [5.41, 5.74) is 2.29. The molecule has 0 aliphatic carbocycles. The van der Waals surface area contributed by atoms with Crippen LogP contribution in [0.25, 0.3) is 0 Å². The summed E-state index contributed by atoms with van der Waals surface area (Å²) >= 11 is 0. The Morgan fingerprint density at radius 2 is 1.77 bits per heavy atom. The molecule has 2 aromatic rings. The molecule has 0 unspecified atom stereocenters. The van der Waals surface area contributed by atoms with E-state index >= 15 is 0 Å². The number of likely N-dealkylation sites (tertiary alicyclic amines) is 1. The number of hydrogen-bond donors (Lipinski definition) is 1. The van der Waals surface area contributed by atoms with Crippen LogP contribution < -0.4 is 14.8 Å². The third-order valence-corrected chi connectivity index (χ3v) is 6.34. The van der Waals surface area contributed by atoms with E-state index < -0.39 is 5.60 Å². The van der Waals surface area contributed by atoms with Gasteiger partial charge >= 0.3 is 6.09 Å². The van der Waals surface area contributed by atoms with Crippen LogP contribution >= 0.6 is 0 Å². The van der Waals surface area contributed by atoms with E-state index in [1.165, 1.54) is 0 Å². The Morgan fingerprint density at radius 1 is 1.09 bits per heavy atom. The van der Waals surface area contributed by atoms with E-state index in [1.807, 2.05) is 55.5 Å². The first-order valence-corrected chi connectivity index (χ1v) is 11.8. The van der Waals surface area contributed by atoms with Crippen molar-refractivity contribution in [3.63, 3.8) is 0 Å². The van der Waals surface area contributed by atoms with Crippen molar-refractivity contribution < 1.29 is 28.6 Å². The predicted octanol–water partition coefficient (Wildman–Crippen LogP) is 3.51. The molecule has 2 aliphatic heterocycles. The zero-order valence-electron chi connectivity index (χ0n) is 20.1. The molecule has 2 aliphatic rings. The number of amides is 2. The fourth-order valence-corrected chi connectivity index (χ4v) is 4.15. The van der Waals surface area contributed by atoms with Gasteiger partial charge in [-0.15, -0.1) is 0 Å². The molecule has 1 spiro atoms. The van der Waals surface area contributed by atoms with Crippen LogP contribution in [0, 0.1) is 0 Å². The summed E-state index contributed by atoms with van der Waals surface area (Å²) in [5.74, 6) is 1.33. The number of oxime groups is 1. The highest BCUT2D eigenvalue weighted by molar-refractivity contribution is 6.00. The van der Waals surface area contributed by atoms with Crippen LogP contribution in [0.3, 0.4) is 0 Å². The van der Waals surface area contributed by atoms with E-state index in [9.17, 15) is 9.59 Å². The lowest BCUT2D eigenvalue weighted by Gasteiger charge is -2.37. The van der Waals surface area contributed by atoms with E-state index in [2.05, 4.69) is 10.5 Å². The van der Waals surface area contributed by atoms with Crippen molar-refractivity contribution in [3.8, 4) is 11.5 Å². The number of hydrogen-bond acceptors (Lipinski definition) is 7. The Kier molecular flexibility index (Phi) is 7.74. The van der Waals surface area contributed by atoms with Gasteiger partial charge in [0.05, 0.1) is 19.4 Å². The van der Waals surface area contributed by atoms with Crippen molar-refractivity contribution in [3.05, 3.63) is 59.7 Å². The number of piperidine rings is 1. The number of carbonyl (C=O) groups excluding carboxylic acids is 2. The average Bonchev–Trinajstić information content (AvgIpc) is 3.26. The molecule has 0 bridgehead atoms. The van der Waals surface area contributed by atoms with Crippen LogP contribution in [0.5, 0.6) is 11.5 Å². The van der Waals surface area contributed by atoms with E-state index in [-0.39, 0.29) is 18.6 Å². The third-order valence-electron chi connectivity index (χ3n) is 6.34. The average molecular weight is 482 g/mol. The van der Waals surface area contributed by atoms with Gasteiger partial charge in [-0.3, -0.25) is 4.79 Å². The minimum Gasteiger partial charge on any atom is -0.497 e. The summed E-state index contributed by atoms with van der Waals surface area (Å²) in [7, 11) is 1.63. The monoisotopic (exact) mass is 481 g/mol. The minimum atomic E-state index is -0.471. The first-order valence-electron chi connectivity index (χ1n) is 11.8. The van der Waals surface area contributed by atoms with Gasteiger partial charge in [0.2, 0.25) is 0 Å². The van der Waals surface area contributed by atoms with E-state index in [1.54, 1.807) is 12.0 Å². The molecule has 1 N–H and O–H groups in total. The molecule has 186 valence electrons. The molecule has 0 atom stereocenters. The number of ether oxygens (including phenoxy) is 3. The van der Waals surface area contributed by atoms with Gasteiger partial charge in [0.1, 0.15) is 23.7 Å². The lowest BCUT2D eigenvalue weighted by atomic mass is 9.91.